The van der Waals surface area contributed by atoms with Crippen LogP contribution in [0.3, 0.4) is 0 Å². The van der Waals surface area contributed by atoms with E-state index in [1.54, 1.807) is 6.21 Å². The number of hydrogen-bond acceptors (Lipinski definition) is 2. The second kappa shape index (κ2) is 3.34. The quantitative estimate of drug-likeness (QED) is 0.665. The lowest BCUT2D eigenvalue weighted by Gasteiger charge is -1.87. The Morgan fingerprint density at radius 3 is 2.67 bits per heavy atom. The first-order valence-electron chi connectivity index (χ1n) is 3.82. The lowest BCUT2D eigenvalue weighted by Crippen LogP contribution is -1.84. The van der Waals surface area contributed by atoms with Gasteiger partial charge in [0, 0.05) is 5.70 Å². The van der Waals surface area contributed by atoms with Gasteiger partial charge in [0.05, 0.1) is 17.6 Å². The molecule has 1 aromatic heterocycles. The van der Waals surface area contributed by atoms with Crippen LogP contribution < -0.4 is 0 Å². The van der Waals surface area contributed by atoms with E-state index in [1.165, 1.54) is 0 Å². The Morgan fingerprint density at radius 1 is 1.58 bits per heavy atom. The number of H-pyrrole nitrogens is 1. The minimum atomic E-state index is 0.793. The number of nitrogens with one attached hydrogen (secondary N) is 1. The number of allylic oxidation sites excluding steroid dienone is 1. The largest absolute Gasteiger partial charge is 0.341 e. The maximum atomic E-state index is 4.21. The predicted octanol–water partition coefficient (Wildman–Crippen LogP) is 1.98. The summed E-state index contributed by atoms with van der Waals surface area (Å²) in [5, 5.41) is 0. The van der Waals surface area contributed by atoms with Crippen LogP contribution in [0, 0.1) is 13.8 Å². The molecule has 0 saturated heterocycles. The highest BCUT2D eigenvalue weighted by atomic mass is 14.9. The van der Waals surface area contributed by atoms with Crippen molar-refractivity contribution in [2.75, 3.05) is 0 Å². The van der Waals surface area contributed by atoms with Gasteiger partial charge in [0.2, 0.25) is 0 Å². The molecule has 3 nitrogen and oxygen atoms in total. The first-order chi connectivity index (χ1) is 5.59. The van der Waals surface area contributed by atoms with Crippen molar-refractivity contribution in [3.05, 3.63) is 29.5 Å². The lowest BCUT2D eigenvalue weighted by atomic mass is 10.4. The molecule has 1 aromatic rings. The second-order valence-corrected chi connectivity index (χ2v) is 2.81. The molecular formula is C9H13N3. The fraction of sp³-hybridized carbons (Fsp3) is 0.333. The normalized spacial score (nSPS) is 10.9. The zero-order valence-corrected chi connectivity index (χ0v) is 7.68. The van der Waals surface area contributed by atoms with Gasteiger partial charge in [-0.1, -0.05) is 6.58 Å². The molecule has 0 aliphatic heterocycles. The SMILES string of the molecule is C=C(C)/N=C\c1[nH]c(C)nc1C. The van der Waals surface area contributed by atoms with Crippen molar-refractivity contribution in [1.29, 1.82) is 0 Å². The van der Waals surface area contributed by atoms with Crippen LogP contribution in [0.1, 0.15) is 24.1 Å². The third-order valence-corrected chi connectivity index (χ3v) is 1.45. The Labute approximate surface area is 72.3 Å². The maximum absolute atomic E-state index is 4.21. The van der Waals surface area contributed by atoms with Gasteiger partial charge in [-0.2, -0.15) is 0 Å². The van der Waals surface area contributed by atoms with Gasteiger partial charge in [0.15, 0.2) is 0 Å². The van der Waals surface area contributed by atoms with Gasteiger partial charge in [-0.25, -0.2) is 4.98 Å². The molecule has 0 spiro atoms. The summed E-state index contributed by atoms with van der Waals surface area (Å²) in [5.74, 6) is 0.913. The Morgan fingerprint density at radius 2 is 2.25 bits per heavy atom. The van der Waals surface area contributed by atoms with Crippen molar-refractivity contribution in [2.45, 2.75) is 20.8 Å². The van der Waals surface area contributed by atoms with E-state index in [0.29, 0.717) is 0 Å². The van der Waals surface area contributed by atoms with Gasteiger partial charge in [0.1, 0.15) is 5.82 Å². The second-order valence-electron chi connectivity index (χ2n) is 2.81. The molecule has 0 aliphatic carbocycles. The molecule has 0 aromatic carbocycles. The number of hydrogen-bond donors (Lipinski definition) is 1. The molecule has 12 heavy (non-hydrogen) atoms. The van der Waals surface area contributed by atoms with Crippen molar-refractivity contribution in [3.8, 4) is 0 Å². The van der Waals surface area contributed by atoms with E-state index in [4.69, 9.17) is 0 Å². The third-order valence-electron chi connectivity index (χ3n) is 1.45. The number of aliphatic imine (C=N–C) groups is 1. The van der Waals surface area contributed by atoms with Crippen molar-refractivity contribution in [1.82, 2.24) is 9.97 Å². The van der Waals surface area contributed by atoms with Crippen LogP contribution in [0.5, 0.6) is 0 Å². The molecule has 0 unspecified atom stereocenters. The van der Waals surface area contributed by atoms with Gasteiger partial charge in [-0.15, -0.1) is 0 Å². The number of nitrogens with zero attached hydrogens (tertiary/aromatic N) is 2. The van der Waals surface area contributed by atoms with Gasteiger partial charge in [-0.05, 0) is 20.8 Å². The average molecular weight is 163 g/mol. The highest BCUT2D eigenvalue weighted by Crippen LogP contribution is 2.01. The van der Waals surface area contributed by atoms with Crippen LogP contribution in [0.15, 0.2) is 17.3 Å². The maximum Gasteiger partial charge on any atom is 0.103 e. The fourth-order valence-corrected chi connectivity index (χ4v) is 0.926. The summed E-state index contributed by atoms with van der Waals surface area (Å²) in [6.45, 7) is 9.40. The summed E-state index contributed by atoms with van der Waals surface area (Å²) in [4.78, 5) is 11.4. The molecule has 0 aliphatic rings. The van der Waals surface area contributed by atoms with Crippen LogP contribution in [-0.2, 0) is 0 Å². The van der Waals surface area contributed by atoms with E-state index >= 15 is 0 Å². The Kier molecular flexibility index (Phi) is 2.43. The molecule has 1 rings (SSSR count). The van der Waals surface area contributed by atoms with E-state index in [0.717, 1.165) is 22.9 Å². The molecule has 0 bridgehead atoms. The molecule has 1 heterocycles. The van der Waals surface area contributed by atoms with E-state index < -0.39 is 0 Å². The lowest BCUT2D eigenvalue weighted by molar-refractivity contribution is 1.13. The Bertz CT molecular complexity index is 321. The monoisotopic (exact) mass is 163 g/mol. The topological polar surface area (TPSA) is 41.0 Å². The van der Waals surface area contributed by atoms with E-state index in [-0.39, 0.29) is 0 Å². The van der Waals surface area contributed by atoms with Crippen molar-refractivity contribution < 1.29 is 0 Å². The summed E-state index contributed by atoms with van der Waals surface area (Å²) in [6, 6.07) is 0. The molecule has 0 saturated carbocycles. The Hall–Kier alpha value is -1.38. The molecule has 1 N–H and O–H groups in total. The van der Waals surface area contributed by atoms with Crippen LogP contribution in [0.4, 0.5) is 0 Å². The van der Waals surface area contributed by atoms with Crippen molar-refractivity contribution >= 4 is 6.21 Å². The van der Waals surface area contributed by atoms with Crippen LogP contribution in [0.2, 0.25) is 0 Å². The standard InChI is InChI=1S/C9H13N3/c1-6(2)10-5-9-7(3)11-8(4)12-9/h5H,1H2,2-4H3,(H,11,12)/b10-5-. The highest BCUT2D eigenvalue weighted by Gasteiger charge is 1.98. The molecule has 0 radical (unpaired) electrons. The predicted molar refractivity (Wildman–Crippen MR) is 50.5 cm³/mol. The molecular weight excluding hydrogens is 150 g/mol. The van der Waals surface area contributed by atoms with Crippen LogP contribution in [-0.4, -0.2) is 16.2 Å². The first-order valence-corrected chi connectivity index (χ1v) is 3.82. The molecule has 0 fully saturated rings. The third kappa shape index (κ3) is 2.05. The number of imidazole rings is 1. The molecule has 3 heteroatoms. The highest BCUT2D eigenvalue weighted by molar-refractivity contribution is 5.79. The van der Waals surface area contributed by atoms with Gasteiger partial charge in [-0.3, -0.25) is 4.99 Å². The van der Waals surface area contributed by atoms with E-state index in [2.05, 4.69) is 21.5 Å². The van der Waals surface area contributed by atoms with Crippen LogP contribution in [0.25, 0.3) is 0 Å². The van der Waals surface area contributed by atoms with Crippen molar-refractivity contribution in [2.24, 2.45) is 4.99 Å². The zero-order chi connectivity index (χ0) is 9.14. The van der Waals surface area contributed by atoms with Gasteiger partial charge >= 0.3 is 0 Å². The summed E-state index contributed by atoms with van der Waals surface area (Å²) >= 11 is 0. The van der Waals surface area contributed by atoms with E-state index in [1.807, 2.05) is 20.8 Å². The zero-order valence-electron chi connectivity index (χ0n) is 7.68. The summed E-state index contributed by atoms with van der Waals surface area (Å²) < 4.78 is 0. The number of aryl methyl sites for hydroxylation is 2. The van der Waals surface area contributed by atoms with Crippen LogP contribution >= 0.6 is 0 Å². The smallest absolute Gasteiger partial charge is 0.103 e. The summed E-state index contributed by atoms with van der Waals surface area (Å²) in [6.07, 6.45) is 1.75. The van der Waals surface area contributed by atoms with E-state index in [9.17, 15) is 0 Å². The minimum absolute atomic E-state index is 0.793. The number of aromatic amines is 1. The summed E-state index contributed by atoms with van der Waals surface area (Å²) in [5.41, 5.74) is 2.72. The molecule has 0 atom stereocenters. The van der Waals surface area contributed by atoms with Crippen molar-refractivity contribution in [3.63, 3.8) is 0 Å². The molecule has 0 amide bonds. The average Bonchev–Trinajstić information content (AvgIpc) is 2.26. The van der Waals surface area contributed by atoms with Gasteiger partial charge in [0.25, 0.3) is 0 Å². The molecule has 64 valence electrons. The summed E-state index contributed by atoms with van der Waals surface area (Å²) in [7, 11) is 0. The fourth-order valence-electron chi connectivity index (χ4n) is 0.926. The number of aromatic nitrogens is 2. The Balaban J connectivity index is 2.89. The first kappa shape index (κ1) is 8.71. The number of rotatable bonds is 2. The van der Waals surface area contributed by atoms with Gasteiger partial charge < -0.3 is 4.98 Å². The minimum Gasteiger partial charge on any atom is -0.341 e.